The van der Waals surface area contributed by atoms with Gasteiger partial charge in [0.1, 0.15) is 5.82 Å². The molecule has 5 heteroatoms. The van der Waals surface area contributed by atoms with Crippen molar-refractivity contribution < 1.29 is 14.0 Å². The van der Waals surface area contributed by atoms with Crippen LogP contribution in [-0.2, 0) is 9.59 Å². The molecule has 0 aromatic heterocycles. The lowest BCUT2D eigenvalue weighted by Gasteiger charge is -2.37. The van der Waals surface area contributed by atoms with Crippen molar-refractivity contribution in [1.29, 1.82) is 0 Å². The second-order valence-corrected chi connectivity index (χ2v) is 9.30. The SMILES string of the molecule is CC1=C(C(=O)Nc2cccc(F)c2)[C@H](c2ccc(C)cc2)C2=C(C[C@@H](c3ccccc3)CC2=O)N1. The predicted molar refractivity (Wildman–Crippen MR) is 135 cm³/mol. The molecule has 0 bridgehead atoms. The number of benzene rings is 3. The summed E-state index contributed by atoms with van der Waals surface area (Å²) < 4.78 is 13.7. The van der Waals surface area contributed by atoms with Gasteiger partial charge in [0.05, 0.1) is 0 Å². The van der Waals surface area contributed by atoms with E-state index >= 15 is 0 Å². The maximum Gasteiger partial charge on any atom is 0.254 e. The summed E-state index contributed by atoms with van der Waals surface area (Å²) in [6.45, 7) is 3.87. The number of allylic oxidation sites excluding steroid dienone is 3. The van der Waals surface area contributed by atoms with Crippen molar-refractivity contribution in [3.63, 3.8) is 0 Å². The summed E-state index contributed by atoms with van der Waals surface area (Å²) in [7, 11) is 0. The number of nitrogens with one attached hydrogen (secondary N) is 2. The molecule has 176 valence electrons. The Morgan fingerprint density at radius 1 is 0.914 bits per heavy atom. The van der Waals surface area contributed by atoms with Gasteiger partial charge in [-0.25, -0.2) is 4.39 Å². The number of Topliss-reactive ketones (excluding diaryl/α,β-unsaturated/α-hetero) is 1. The molecule has 35 heavy (non-hydrogen) atoms. The molecular formula is C30H27FN2O2. The molecule has 0 fully saturated rings. The van der Waals surface area contributed by atoms with E-state index in [0.717, 1.165) is 22.4 Å². The van der Waals surface area contributed by atoms with Crippen LogP contribution in [0.2, 0.25) is 0 Å². The molecule has 0 unspecified atom stereocenters. The second-order valence-electron chi connectivity index (χ2n) is 9.30. The third kappa shape index (κ3) is 4.54. The first kappa shape index (κ1) is 22.8. The summed E-state index contributed by atoms with van der Waals surface area (Å²) in [4.78, 5) is 27.2. The highest BCUT2D eigenvalue weighted by atomic mass is 19.1. The van der Waals surface area contributed by atoms with Gasteiger partial charge in [-0.2, -0.15) is 0 Å². The Hall–Kier alpha value is -3.99. The van der Waals surface area contributed by atoms with Crippen LogP contribution in [0.1, 0.15) is 48.3 Å². The maximum absolute atomic E-state index is 13.7. The second kappa shape index (κ2) is 9.34. The van der Waals surface area contributed by atoms with E-state index < -0.39 is 11.7 Å². The first-order valence-corrected chi connectivity index (χ1v) is 11.8. The lowest BCUT2D eigenvalue weighted by molar-refractivity contribution is -0.116. The summed E-state index contributed by atoms with van der Waals surface area (Å²) in [5.74, 6) is -1.14. The minimum Gasteiger partial charge on any atom is -0.362 e. The van der Waals surface area contributed by atoms with E-state index in [-0.39, 0.29) is 17.6 Å². The molecule has 1 heterocycles. The highest BCUT2D eigenvalue weighted by Gasteiger charge is 2.40. The van der Waals surface area contributed by atoms with Crippen LogP contribution in [0.5, 0.6) is 0 Å². The van der Waals surface area contributed by atoms with E-state index in [9.17, 15) is 14.0 Å². The molecular weight excluding hydrogens is 439 g/mol. The fraction of sp³-hybridized carbons (Fsp3) is 0.200. The third-order valence-electron chi connectivity index (χ3n) is 6.84. The van der Waals surface area contributed by atoms with Crippen LogP contribution in [0, 0.1) is 12.7 Å². The molecule has 1 aliphatic heterocycles. The minimum atomic E-state index is -0.496. The molecule has 0 saturated heterocycles. The molecule has 0 saturated carbocycles. The number of amides is 1. The van der Waals surface area contributed by atoms with Crippen LogP contribution in [-0.4, -0.2) is 11.7 Å². The molecule has 5 rings (SSSR count). The maximum atomic E-state index is 13.7. The minimum absolute atomic E-state index is 0.0433. The van der Waals surface area contributed by atoms with Gasteiger partial charge in [-0.1, -0.05) is 66.2 Å². The van der Waals surface area contributed by atoms with E-state index in [1.165, 1.54) is 12.1 Å². The Morgan fingerprint density at radius 2 is 1.66 bits per heavy atom. The molecule has 2 aliphatic rings. The molecule has 3 aromatic rings. The van der Waals surface area contributed by atoms with Crippen LogP contribution in [0.25, 0.3) is 0 Å². The molecule has 3 aromatic carbocycles. The smallest absolute Gasteiger partial charge is 0.254 e. The van der Waals surface area contributed by atoms with Crippen molar-refractivity contribution >= 4 is 17.4 Å². The van der Waals surface area contributed by atoms with Gasteiger partial charge in [-0.3, -0.25) is 9.59 Å². The van der Waals surface area contributed by atoms with Crippen molar-refractivity contribution in [2.45, 2.75) is 38.5 Å². The van der Waals surface area contributed by atoms with Crippen molar-refractivity contribution in [3.05, 3.63) is 124 Å². The van der Waals surface area contributed by atoms with Crippen molar-refractivity contribution in [3.8, 4) is 0 Å². The average molecular weight is 467 g/mol. The fourth-order valence-electron chi connectivity index (χ4n) is 5.16. The number of aryl methyl sites for hydroxylation is 1. The lowest BCUT2D eigenvalue weighted by Crippen LogP contribution is -2.37. The summed E-state index contributed by atoms with van der Waals surface area (Å²) in [5.41, 5.74) is 6.20. The zero-order chi connectivity index (χ0) is 24.5. The van der Waals surface area contributed by atoms with Gasteiger partial charge in [0, 0.05) is 40.6 Å². The standard InChI is InChI=1S/C30H27FN2O2/c1-18-11-13-21(14-12-18)28-27(30(35)33-24-10-6-9-23(31)17-24)19(2)32-25-15-22(16-26(34)29(25)28)20-7-4-3-5-8-20/h3-14,17,22,28,32H,15-16H2,1-2H3,(H,33,35)/t22-,28+/m1/s1. The van der Waals surface area contributed by atoms with E-state index in [4.69, 9.17) is 0 Å². The number of dihydropyridines is 1. The van der Waals surface area contributed by atoms with Gasteiger partial charge >= 0.3 is 0 Å². The number of anilines is 1. The third-order valence-corrected chi connectivity index (χ3v) is 6.84. The molecule has 2 N–H and O–H groups in total. The van der Waals surface area contributed by atoms with Crippen molar-refractivity contribution in [2.75, 3.05) is 5.32 Å². The average Bonchev–Trinajstić information content (AvgIpc) is 2.84. The molecule has 0 spiro atoms. The first-order valence-electron chi connectivity index (χ1n) is 11.8. The van der Waals surface area contributed by atoms with E-state index in [2.05, 4.69) is 22.8 Å². The van der Waals surface area contributed by atoms with Gasteiger partial charge < -0.3 is 10.6 Å². The van der Waals surface area contributed by atoms with E-state index in [0.29, 0.717) is 35.4 Å². The van der Waals surface area contributed by atoms with E-state index in [1.54, 1.807) is 12.1 Å². The zero-order valence-electron chi connectivity index (χ0n) is 19.8. The number of carbonyl (C=O) groups excluding carboxylic acids is 2. The number of carbonyl (C=O) groups is 2. The summed E-state index contributed by atoms with van der Waals surface area (Å²) in [6.07, 6.45) is 1.09. The van der Waals surface area contributed by atoms with Crippen LogP contribution >= 0.6 is 0 Å². The summed E-state index contributed by atoms with van der Waals surface area (Å²) in [6, 6.07) is 23.8. The van der Waals surface area contributed by atoms with Crippen LogP contribution in [0.15, 0.2) is 101 Å². The molecule has 0 radical (unpaired) electrons. The molecule has 2 atom stereocenters. The quantitative estimate of drug-likeness (QED) is 0.486. The number of ketones is 1. The number of halogens is 1. The highest BCUT2D eigenvalue weighted by Crippen LogP contribution is 2.45. The Morgan fingerprint density at radius 3 is 2.37 bits per heavy atom. The monoisotopic (exact) mass is 466 g/mol. The Kier molecular flexibility index (Phi) is 6.08. The molecule has 1 aliphatic carbocycles. The number of hydrogen-bond donors (Lipinski definition) is 2. The van der Waals surface area contributed by atoms with Gasteiger partial charge in [-0.05, 0) is 55.5 Å². The lowest BCUT2D eigenvalue weighted by atomic mass is 9.71. The van der Waals surface area contributed by atoms with Gasteiger partial charge in [0.15, 0.2) is 5.78 Å². The number of rotatable bonds is 4. The zero-order valence-corrected chi connectivity index (χ0v) is 19.8. The largest absolute Gasteiger partial charge is 0.362 e. The normalized spacial score (nSPS) is 19.8. The Bertz CT molecular complexity index is 1360. The predicted octanol–water partition coefficient (Wildman–Crippen LogP) is 6.13. The van der Waals surface area contributed by atoms with Crippen LogP contribution < -0.4 is 10.6 Å². The fourth-order valence-corrected chi connectivity index (χ4v) is 5.16. The van der Waals surface area contributed by atoms with Gasteiger partial charge in [-0.15, -0.1) is 0 Å². The Labute approximate surface area is 204 Å². The van der Waals surface area contributed by atoms with Crippen molar-refractivity contribution in [1.82, 2.24) is 5.32 Å². The van der Waals surface area contributed by atoms with Gasteiger partial charge in [0.2, 0.25) is 0 Å². The van der Waals surface area contributed by atoms with Crippen LogP contribution in [0.4, 0.5) is 10.1 Å². The molecule has 4 nitrogen and oxygen atoms in total. The van der Waals surface area contributed by atoms with E-state index in [1.807, 2.05) is 56.3 Å². The highest BCUT2D eigenvalue weighted by molar-refractivity contribution is 6.10. The van der Waals surface area contributed by atoms with Crippen LogP contribution in [0.3, 0.4) is 0 Å². The summed E-state index contributed by atoms with van der Waals surface area (Å²) in [5, 5.41) is 6.22. The van der Waals surface area contributed by atoms with Gasteiger partial charge in [0.25, 0.3) is 5.91 Å². The number of hydrogen-bond acceptors (Lipinski definition) is 3. The topological polar surface area (TPSA) is 58.2 Å². The first-order chi connectivity index (χ1) is 16.9. The van der Waals surface area contributed by atoms with Crippen molar-refractivity contribution in [2.24, 2.45) is 0 Å². The Balaban J connectivity index is 1.56. The molecule has 1 amide bonds. The summed E-state index contributed by atoms with van der Waals surface area (Å²) >= 11 is 0.